The number of hydrogen-bond donors (Lipinski definition) is 2. The van der Waals surface area contributed by atoms with Crippen molar-refractivity contribution >= 4 is 45.4 Å². The first-order chi connectivity index (χ1) is 14.0. The van der Waals surface area contributed by atoms with Crippen LogP contribution in [0.4, 0.5) is 15.1 Å². The maximum absolute atomic E-state index is 13.1. The Balaban J connectivity index is 1.64. The molecule has 0 atom stereocenters. The van der Waals surface area contributed by atoms with Crippen LogP contribution in [0.2, 0.25) is 5.02 Å². The lowest BCUT2D eigenvalue weighted by atomic mass is 9.95. The molecule has 4 rings (SSSR count). The number of carbonyl (C=O) groups excluding carboxylic acids is 2. The Morgan fingerprint density at radius 1 is 0.897 bits per heavy atom. The minimum atomic E-state index is -0.406. The van der Waals surface area contributed by atoms with Crippen LogP contribution < -0.4 is 10.6 Å². The van der Waals surface area contributed by atoms with Crippen LogP contribution in [-0.2, 0) is 12.8 Å². The van der Waals surface area contributed by atoms with Crippen LogP contribution in [-0.4, -0.2) is 11.8 Å². The number of thiophene rings is 1. The summed E-state index contributed by atoms with van der Waals surface area (Å²) < 4.78 is 13.1. The van der Waals surface area contributed by atoms with Crippen LogP contribution in [0.25, 0.3) is 0 Å². The Bertz CT molecular complexity index is 1060. The van der Waals surface area contributed by atoms with E-state index in [4.69, 9.17) is 11.6 Å². The number of benzene rings is 2. The highest BCUT2D eigenvalue weighted by Crippen LogP contribution is 2.38. The maximum Gasteiger partial charge on any atom is 0.258 e. The van der Waals surface area contributed by atoms with Gasteiger partial charge in [-0.2, -0.15) is 0 Å². The number of rotatable bonds is 4. The average Bonchev–Trinajstić information content (AvgIpc) is 3.08. The van der Waals surface area contributed by atoms with E-state index in [1.165, 1.54) is 35.6 Å². The summed E-state index contributed by atoms with van der Waals surface area (Å²) in [4.78, 5) is 26.8. The molecular weight excluding hydrogens is 411 g/mol. The fourth-order valence-corrected chi connectivity index (χ4v) is 4.81. The maximum atomic E-state index is 13.1. The molecular formula is C22H18ClFN2O2S. The highest BCUT2D eigenvalue weighted by Gasteiger charge is 2.26. The van der Waals surface area contributed by atoms with E-state index in [9.17, 15) is 14.0 Å². The highest BCUT2D eigenvalue weighted by molar-refractivity contribution is 7.17. The molecule has 0 fully saturated rings. The molecule has 1 heterocycles. The molecule has 0 unspecified atom stereocenters. The number of amides is 2. The number of carbonyl (C=O) groups is 2. The van der Waals surface area contributed by atoms with E-state index in [0.29, 0.717) is 26.8 Å². The Morgan fingerprint density at radius 3 is 2.31 bits per heavy atom. The molecule has 7 heteroatoms. The molecule has 0 saturated carbocycles. The van der Waals surface area contributed by atoms with Gasteiger partial charge in [-0.3, -0.25) is 9.59 Å². The summed E-state index contributed by atoms with van der Waals surface area (Å²) in [6.45, 7) is 0. The van der Waals surface area contributed by atoms with Crippen LogP contribution in [0.5, 0.6) is 0 Å². The molecule has 0 spiro atoms. The second-order valence-corrected chi connectivity index (χ2v) is 8.38. The fraction of sp³-hybridized carbons (Fsp3) is 0.182. The summed E-state index contributed by atoms with van der Waals surface area (Å²) in [5.41, 5.74) is 2.48. The normalized spacial score (nSPS) is 12.9. The third kappa shape index (κ3) is 4.33. The van der Waals surface area contributed by atoms with Gasteiger partial charge in [0.2, 0.25) is 0 Å². The molecule has 4 nitrogen and oxygen atoms in total. The van der Waals surface area contributed by atoms with E-state index >= 15 is 0 Å². The van der Waals surface area contributed by atoms with Crippen LogP contribution >= 0.6 is 22.9 Å². The van der Waals surface area contributed by atoms with Gasteiger partial charge in [0.15, 0.2) is 0 Å². The van der Waals surface area contributed by atoms with Crippen molar-refractivity contribution in [2.45, 2.75) is 25.7 Å². The number of nitrogens with one attached hydrogen (secondary N) is 2. The van der Waals surface area contributed by atoms with E-state index in [2.05, 4.69) is 10.6 Å². The molecule has 1 aliphatic rings. The Labute approximate surface area is 176 Å². The monoisotopic (exact) mass is 428 g/mol. The largest absolute Gasteiger partial charge is 0.322 e. The Hall–Kier alpha value is -2.70. The van der Waals surface area contributed by atoms with Crippen molar-refractivity contribution in [1.29, 1.82) is 0 Å². The quantitative estimate of drug-likeness (QED) is 0.541. The Kier molecular flexibility index (Phi) is 5.65. The van der Waals surface area contributed by atoms with Gasteiger partial charge in [-0.15, -0.1) is 11.3 Å². The van der Waals surface area contributed by atoms with Crippen LogP contribution in [0, 0.1) is 5.82 Å². The molecule has 0 saturated heterocycles. The fourth-order valence-electron chi connectivity index (χ4n) is 3.40. The SMILES string of the molecule is O=C(Nc1sc2c(c1C(=O)Nc1ccc(Cl)cc1)CCCC2)c1ccc(F)cc1. The van der Waals surface area contributed by atoms with Crippen molar-refractivity contribution in [2.24, 2.45) is 0 Å². The molecule has 148 valence electrons. The zero-order valence-corrected chi connectivity index (χ0v) is 17.0. The molecule has 1 aliphatic carbocycles. The van der Waals surface area contributed by atoms with E-state index in [1.807, 2.05) is 0 Å². The molecule has 29 heavy (non-hydrogen) atoms. The van der Waals surface area contributed by atoms with Crippen LogP contribution in [0.3, 0.4) is 0 Å². The smallest absolute Gasteiger partial charge is 0.258 e. The first-order valence-corrected chi connectivity index (χ1v) is 10.5. The summed E-state index contributed by atoms with van der Waals surface area (Å²) in [6.07, 6.45) is 3.78. The molecule has 1 aromatic heterocycles. The number of aryl methyl sites for hydroxylation is 1. The lowest BCUT2D eigenvalue weighted by molar-refractivity contribution is 0.102. The predicted molar refractivity (Wildman–Crippen MR) is 115 cm³/mol. The topological polar surface area (TPSA) is 58.2 Å². The number of hydrogen-bond acceptors (Lipinski definition) is 3. The standard InChI is InChI=1S/C22H18ClFN2O2S/c23-14-7-11-16(12-8-14)25-21(28)19-17-3-1-2-4-18(17)29-22(19)26-20(27)13-5-9-15(24)10-6-13/h5-12H,1-4H2,(H,25,28)(H,26,27). The van der Waals surface area contributed by atoms with Crippen molar-refractivity contribution in [2.75, 3.05) is 10.6 Å². The zero-order valence-electron chi connectivity index (χ0n) is 15.4. The number of anilines is 2. The molecule has 3 aromatic rings. The van der Waals surface area contributed by atoms with Gasteiger partial charge in [-0.1, -0.05) is 11.6 Å². The van der Waals surface area contributed by atoms with Gasteiger partial charge in [-0.25, -0.2) is 4.39 Å². The molecule has 0 aliphatic heterocycles. The second-order valence-electron chi connectivity index (χ2n) is 6.84. The van der Waals surface area contributed by atoms with Gasteiger partial charge in [0, 0.05) is 21.2 Å². The van der Waals surface area contributed by atoms with Gasteiger partial charge < -0.3 is 10.6 Å². The third-order valence-corrected chi connectivity index (χ3v) is 6.29. The van der Waals surface area contributed by atoms with Gasteiger partial charge >= 0.3 is 0 Å². The lowest BCUT2D eigenvalue weighted by Gasteiger charge is -2.13. The van der Waals surface area contributed by atoms with E-state index < -0.39 is 5.82 Å². The van der Waals surface area contributed by atoms with Crippen molar-refractivity contribution in [1.82, 2.24) is 0 Å². The number of halogens is 2. The van der Waals surface area contributed by atoms with E-state index in [0.717, 1.165) is 36.1 Å². The van der Waals surface area contributed by atoms with Crippen LogP contribution in [0.1, 0.15) is 44.0 Å². The minimum absolute atomic E-state index is 0.263. The number of fused-ring (bicyclic) bond motifs is 1. The van der Waals surface area contributed by atoms with Gasteiger partial charge in [-0.05, 0) is 79.8 Å². The third-order valence-electron chi connectivity index (χ3n) is 4.83. The van der Waals surface area contributed by atoms with Gasteiger partial charge in [0.25, 0.3) is 11.8 Å². The summed E-state index contributed by atoms with van der Waals surface area (Å²) in [7, 11) is 0. The van der Waals surface area contributed by atoms with Crippen molar-refractivity contribution in [3.8, 4) is 0 Å². The second kappa shape index (κ2) is 8.35. The summed E-state index contributed by atoms with van der Waals surface area (Å²) >= 11 is 7.35. The minimum Gasteiger partial charge on any atom is -0.322 e. The first kappa shape index (κ1) is 19.6. The molecule has 0 radical (unpaired) electrons. The predicted octanol–water partition coefficient (Wildman–Crippen LogP) is 5.92. The average molecular weight is 429 g/mol. The first-order valence-electron chi connectivity index (χ1n) is 9.29. The van der Waals surface area contributed by atoms with Gasteiger partial charge in [0.1, 0.15) is 10.8 Å². The summed E-state index contributed by atoms with van der Waals surface area (Å²) in [5.74, 6) is -1.04. The molecule has 0 bridgehead atoms. The van der Waals surface area contributed by atoms with Gasteiger partial charge in [0.05, 0.1) is 5.56 Å². The molecule has 2 amide bonds. The van der Waals surface area contributed by atoms with Crippen molar-refractivity contribution < 1.29 is 14.0 Å². The summed E-state index contributed by atoms with van der Waals surface area (Å²) in [5, 5.41) is 6.86. The van der Waals surface area contributed by atoms with Crippen LogP contribution in [0.15, 0.2) is 48.5 Å². The van der Waals surface area contributed by atoms with E-state index in [1.54, 1.807) is 24.3 Å². The van der Waals surface area contributed by atoms with Crippen molar-refractivity contribution in [3.05, 3.63) is 80.9 Å². The van der Waals surface area contributed by atoms with E-state index in [-0.39, 0.29) is 11.8 Å². The lowest BCUT2D eigenvalue weighted by Crippen LogP contribution is -2.18. The molecule has 2 N–H and O–H groups in total. The Morgan fingerprint density at radius 2 is 1.59 bits per heavy atom. The zero-order chi connectivity index (χ0) is 20.4. The molecule has 2 aromatic carbocycles. The highest BCUT2D eigenvalue weighted by atomic mass is 35.5. The van der Waals surface area contributed by atoms with Crippen molar-refractivity contribution in [3.63, 3.8) is 0 Å². The summed E-state index contributed by atoms with van der Waals surface area (Å²) in [6, 6.07) is 12.2.